The number of rotatable bonds is 2. The largest absolute Gasteiger partial charge is 0.463 e. The van der Waals surface area contributed by atoms with E-state index >= 15 is 0 Å². The first-order valence-electron chi connectivity index (χ1n) is 7.18. The molecule has 1 atom stereocenters. The Morgan fingerprint density at radius 1 is 1.35 bits per heavy atom. The van der Waals surface area contributed by atoms with E-state index < -0.39 is 0 Å². The van der Waals surface area contributed by atoms with Crippen LogP contribution in [0.25, 0.3) is 11.0 Å². The molecular formula is C16H20N2O2. The Morgan fingerprint density at radius 2 is 2.05 bits per heavy atom. The number of para-hydroxylation sites is 1. The van der Waals surface area contributed by atoms with E-state index in [0.29, 0.717) is 11.5 Å². The van der Waals surface area contributed by atoms with Gasteiger partial charge in [0.05, 0.1) is 5.56 Å². The molecule has 4 nitrogen and oxygen atoms in total. The number of piperidine rings is 1. The third-order valence-corrected chi connectivity index (χ3v) is 4.28. The number of nitrogens with zero attached hydrogens (tertiary/aromatic N) is 1. The molecule has 20 heavy (non-hydrogen) atoms. The van der Waals surface area contributed by atoms with Crippen molar-refractivity contribution in [2.24, 2.45) is 11.7 Å². The van der Waals surface area contributed by atoms with Crippen molar-refractivity contribution < 1.29 is 9.21 Å². The molecule has 1 aromatic heterocycles. The summed E-state index contributed by atoms with van der Waals surface area (Å²) in [6, 6.07) is 7.86. The molecule has 1 aromatic carbocycles. The summed E-state index contributed by atoms with van der Waals surface area (Å²) in [4.78, 5) is 14.5. The first kappa shape index (κ1) is 13.2. The fourth-order valence-corrected chi connectivity index (χ4v) is 2.94. The van der Waals surface area contributed by atoms with Crippen molar-refractivity contribution in [1.82, 2.24) is 4.90 Å². The summed E-state index contributed by atoms with van der Waals surface area (Å²) in [7, 11) is 0. The van der Waals surface area contributed by atoms with E-state index in [-0.39, 0.29) is 11.9 Å². The van der Waals surface area contributed by atoms with Crippen LogP contribution >= 0.6 is 0 Å². The third-order valence-electron chi connectivity index (χ3n) is 4.28. The van der Waals surface area contributed by atoms with Crippen LogP contribution < -0.4 is 5.73 Å². The summed E-state index contributed by atoms with van der Waals surface area (Å²) < 4.78 is 5.45. The Morgan fingerprint density at radius 3 is 2.75 bits per heavy atom. The van der Waals surface area contributed by atoms with Gasteiger partial charge in [-0.3, -0.25) is 4.79 Å². The Hall–Kier alpha value is -1.81. The maximum atomic E-state index is 12.6. The van der Waals surface area contributed by atoms with Crippen molar-refractivity contribution in [3.63, 3.8) is 0 Å². The van der Waals surface area contributed by atoms with E-state index in [1.54, 1.807) is 6.26 Å². The molecule has 1 aliphatic heterocycles. The van der Waals surface area contributed by atoms with E-state index in [9.17, 15) is 4.79 Å². The lowest BCUT2D eigenvalue weighted by Gasteiger charge is -2.33. The lowest BCUT2D eigenvalue weighted by Crippen LogP contribution is -2.42. The summed E-state index contributed by atoms with van der Waals surface area (Å²) in [6.45, 7) is 3.61. The van der Waals surface area contributed by atoms with Crippen molar-refractivity contribution in [2.75, 3.05) is 13.1 Å². The highest BCUT2D eigenvalue weighted by atomic mass is 16.3. The van der Waals surface area contributed by atoms with Crippen molar-refractivity contribution >= 4 is 16.9 Å². The van der Waals surface area contributed by atoms with Gasteiger partial charge in [-0.2, -0.15) is 0 Å². The van der Waals surface area contributed by atoms with Gasteiger partial charge in [0, 0.05) is 24.5 Å². The number of hydrogen-bond donors (Lipinski definition) is 1. The fraction of sp³-hybridized carbons (Fsp3) is 0.438. The van der Waals surface area contributed by atoms with Crippen LogP contribution in [0.5, 0.6) is 0 Å². The molecule has 0 saturated carbocycles. The Labute approximate surface area is 118 Å². The number of carbonyl (C=O) groups is 1. The van der Waals surface area contributed by atoms with E-state index in [4.69, 9.17) is 10.2 Å². The zero-order valence-corrected chi connectivity index (χ0v) is 11.7. The molecule has 2 heterocycles. The zero-order chi connectivity index (χ0) is 14.1. The van der Waals surface area contributed by atoms with E-state index in [1.807, 2.05) is 36.1 Å². The van der Waals surface area contributed by atoms with Gasteiger partial charge in [-0.15, -0.1) is 0 Å². The van der Waals surface area contributed by atoms with Gasteiger partial charge in [-0.05, 0) is 31.7 Å². The molecule has 2 aromatic rings. The average Bonchev–Trinajstić information content (AvgIpc) is 2.90. The first-order chi connectivity index (χ1) is 9.66. The van der Waals surface area contributed by atoms with Crippen LogP contribution in [0.4, 0.5) is 0 Å². The Kier molecular flexibility index (Phi) is 3.49. The van der Waals surface area contributed by atoms with Crippen LogP contribution in [-0.4, -0.2) is 29.9 Å². The number of benzene rings is 1. The second kappa shape index (κ2) is 5.29. The molecule has 0 radical (unpaired) electrons. The monoisotopic (exact) mass is 272 g/mol. The summed E-state index contributed by atoms with van der Waals surface area (Å²) in [6.07, 6.45) is 3.54. The molecule has 0 bridgehead atoms. The highest BCUT2D eigenvalue weighted by molar-refractivity contribution is 6.05. The third kappa shape index (κ3) is 2.31. The minimum absolute atomic E-state index is 0.0677. The number of likely N-dealkylation sites (tertiary alicyclic amines) is 1. The predicted molar refractivity (Wildman–Crippen MR) is 78.5 cm³/mol. The van der Waals surface area contributed by atoms with Gasteiger partial charge >= 0.3 is 0 Å². The van der Waals surface area contributed by atoms with Gasteiger partial charge in [0.15, 0.2) is 0 Å². The lowest BCUT2D eigenvalue weighted by molar-refractivity contribution is 0.0682. The van der Waals surface area contributed by atoms with E-state index in [0.717, 1.165) is 36.9 Å². The molecule has 1 amide bonds. The quantitative estimate of drug-likeness (QED) is 0.914. The maximum Gasteiger partial charge on any atom is 0.257 e. The number of hydrogen-bond acceptors (Lipinski definition) is 3. The molecule has 0 aliphatic carbocycles. The van der Waals surface area contributed by atoms with Crippen LogP contribution in [0.2, 0.25) is 0 Å². The van der Waals surface area contributed by atoms with Gasteiger partial charge in [-0.1, -0.05) is 18.2 Å². The van der Waals surface area contributed by atoms with Crippen LogP contribution in [-0.2, 0) is 0 Å². The average molecular weight is 272 g/mol. The first-order valence-corrected chi connectivity index (χ1v) is 7.18. The Balaban J connectivity index is 1.77. The zero-order valence-electron chi connectivity index (χ0n) is 11.7. The van der Waals surface area contributed by atoms with Crippen molar-refractivity contribution in [3.8, 4) is 0 Å². The van der Waals surface area contributed by atoms with E-state index in [1.165, 1.54) is 0 Å². The Bertz CT molecular complexity index is 610. The number of amides is 1. The molecule has 1 unspecified atom stereocenters. The van der Waals surface area contributed by atoms with Crippen molar-refractivity contribution in [1.29, 1.82) is 0 Å². The molecule has 106 valence electrons. The summed E-state index contributed by atoms with van der Waals surface area (Å²) >= 11 is 0. The number of fused-ring (bicyclic) bond motifs is 1. The molecule has 3 rings (SSSR count). The summed E-state index contributed by atoms with van der Waals surface area (Å²) in [5.41, 5.74) is 7.37. The molecule has 4 heteroatoms. The SMILES string of the molecule is CC(N)C1CCN(C(=O)c2coc3ccccc23)CC1. The minimum Gasteiger partial charge on any atom is -0.463 e. The molecule has 0 spiro atoms. The number of carbonyl (C=O) groups excluding carboxylic acids is 1. The number of nitrogens with two attached hydrogens (primary N) is 1. The summed E-state index contributed by atoms with van der Waals surface area (Å²) in [5, 5.41) is 0.895. The molecule has 1 fully saturated rings. The molecule has 2 N–H and O–H groups in total. The van der Waals surface area contributed by atoms with Crippen molar-refractivity contribution in [3.05, 3.63) is 36.1 Å². The van der Waals surface area contributed by atoms with Gasteiger partial charge in [-0.25, -0.2) is 0 Å². The second-order valence-corrected chi connectivity index (χ2v) is 5.63. The highest BCUT2D eigenvalue weighted by Crippen LogP contribution is 2.25. The van der Waals surface area contributed by atoms with Gasteiger partial charge in [0.2, 0.25) is 0 Å². The van der Waals surface area contributed by atoms with Gasteiger partial charge in [0.1, 0.15) is 11.8 Å². The smallest absolute Gasteiger partial charge is 0.257 e. The maximum absolute atomic E-state index is 12.6. The summed E-state index contributed by atoms with van der Waals surface area (Å²) in [5.74, 6) is 0.596. The fourth-order valence-electron chi connectivity index (χ4n) is 2.94. The second-order valence-electron chi connectivity index (χ2n) is 5.63. The van der Waals surface area contributed by atoms with Crippen LogP contribution in [0.1, 0.15) is 30.1 Å². The predicted octanol–water partition coefficient (Wildman–Crippen LogP) is 2.63. The van der Waals surface area contributed by atoms with Crippen molar-refractivity contribution in [2.45, 2.75) is 25.8 Å². The molecule has 1 saturated heterocycles. The van der Waals surface area contributed by atoms with Gasteiger partial charge in [0.25, 0.3) is 5.91 Å². The highest BCUT2D eigenvalue weighted by Gasteiger charge is 2.27. The molecule has 1 aliphatic rings. The molecular weight excluding hydrogens is 252 g/mol. The van der Waals surface area contributed by atoms with Crippen LogP contribution in [0.15, 0.2) is 34.9 Å². The van der Waals surface area contributed by atoms with Crippen LogP contribution in [0.3, 0.4) is 0 Å². The lowest BCUT2D eigenvalue weighted by atomic mass is 9.90. The van der Waals surface area contributed by atoms with Crippen LogP contribution in [0, 0.1) is 5.92 Å². The normalized spacial score (nSPS) is 18.4. The minimum atomic E-state index is 0.0677. The topological polar surface area (TPSA) is 59.5 Å². The standard InChI is InChI=1S/C16H20N2O2/c1-11(17)12-6-8-18(9-7-12)16(19)14-10-20-15-5-3-2-4-13(14)15/h2-5,10-12H,6-9,17H2,1H3. The van der Waals surface area contributed by atoms with Gasteiger partial charge < -0.3 is 15.1 Å². The number of furan rings is 1. The van der Waals surface area contributed by atoms with E-state index in [2.05, 4.69) is 0 Å².